The summed E-state index contributed by atoms with van der Waals surface area (Å²) in [7, 11) is 0. The second-order valence-electron chi connectivity index (χ2n) is 7.05. The summed E-state index contributed by atoms with van der Waals surface area (Å²) >= 11 is 0. The van der Waals surface area contributed by atoms with Crippen LogP contribution in [0.2, 0.25) is 0 Å². The third kappa shape index (κ3) is 8.05. The summed E-state index contributed by atoms with van der Waals surface area (Å²) in [5, 5.41) is 9.88. The van der Waals surface area contributed by atoms with E-state index in [4.69, 9.17) is 15.2 Å². The maximum atomic E-state index is 5.54. The second kappa shape index (κ2) is 12.9. The Morgan fingerprint density at radius 1 is 0.900 bits per heavy atom. The molecule has 3 rings (SSSR count). The molecule has 10 heteroatoms. The molecule has 1 saturated carbocycles. The maximum Gasteiger partial charge on any atom is 0.229 e. The van der Waals surface area contributed by atoms with Crippen molar-refractivity contribution in [1.82, 2.24) is 19.9 Å². The van der Waals surface area contributed by atoms with Gasteiger partial charge in [-0.3, -0.25) is 4.98 Å². The van der Waals surface area contributed by atoms with Gasteiger partial charge in [-0.1, -0.05) is 18.9 Å². The second-order valence-corrected chi connectivity index (χ2v) is 7.05. The molecule has 1 fully saturated rings. The lowest BCUT2D eigenvalue weighted by atomic mass is 10.3. The van der Waals surface area contributed by atoms with Crippen molar-refractivity contribution in [2.45, 2.75) is 38.3 Å². The van der Waals surface area contributed by atoms with Crippen LogP contribution in [0, 0.1) is 0 Å². The molecule has 0 radical (unpaired) electrons. The van der Waals surface area contributed by atoms with Crippen molar-refractivity contribution in [2.75, 3.05) is 55.5 Å². The van der Waals surface area contributed by atoms with Crippen molar-refractivity contribution in [3.63, 3.8) is 0 Å². The highest BCUT2D eigenvalue weighted by Gasteiger charge is 2.17. The quantitative estimate of drug-likeness (QED) is 0.337. The fraction of sp³-hybridized carbons (Fsp3) is 0.600. The topological polar surface area (TPSA) is 132 Å². The van der Waals surface area contributed by atoms with Crippen LogP contribution in [0.1, 0.15) is 31.4 Å². The standard InChI is InChI=1S/C20H32N8O2/c21-8-11-29-13-14-30-12-10-23-18-26-19(24-15-17-7-3-4-9-22-17)28-20(27-18)25-16-5-1-2-6-16/h3-4,7,9,16H,1-2,5-6,8,10-15,21H2,(H3,23,24,25,26,27,28). The van der Waals surface area contributed by atoms with Gasteiger partial charge in [0.05, 0.1) is 38.7 Å². The molecule has 1 aliphatic rings. The molecule has 0 saturated heterocycles. The fourth-order valence-electron chi connectivity index (χ4n) is 3.16. The number of hydrogen-bond acceptors (Lipinski definition) is 10. The van der Waals surface area contributed by atoms with E-state index >= 15 is 0 Å². The summed E-state index contributed by atoms with van der Waals surface area (Å²) in [6.45, 7) is 3.80. The number of nitrogens with two attached hydrogens (primary N) is 1. The van der Waals surface area contributed by atoms with Crippen LogP contribution in [0.15, 0.2) is 24.4 Å². The highest BCUT2D eigenvalue weighted by atomic mass is 16.5. The molecular weight excluding hydrogens is 384 g/mol. The van der Waals surface area contributed by atoms with Gasteiger partial charge >= 0.3 is 0 Å². The maximum absolute atomic E-state index is 5.54. The first kappa shape index (κ1) is 22.1. The number of anilines is 3. The molecule has 30 heavy (non-hydrogen) atoms. The highest BCUT2D eigenvalue weighted by molar-refractivity contribution is 5.43. The van der Waals surface area contributed by atoms with Gasteiger partial charge in [-0.05, 0) is 25.0 Å². The normalized spacial score (nSPS) is 14.0. The number of hydrogen-bond donors (Lipinski definition) is 4. The van der Waals surface area contributed by atoms with Gasteiger partial charge in [0.1, 0.15) is 0 Å². The van der Waals surface area contributed by atoms with Gasteiger partial charge in [0, 0.05) is 25.3 Å². The predicted octanol–water partition coefficient (Wildman–Crippen LogP) is 1.64. The van der Waals surface area contributed by atoms with Crippen molar-refractivity contribution in [2.24, 2.45) is 5.73 Å². The van der Waals surface area contributed by atoms with Crippen LogP contribution >= 0.6 is 0 Å². The molecule has 0 spiro atoms. The minimum atomic E-state index is 0.417. The van der Waals surface area contributed by atoms with Crippen LogP contribution in [0.4, 0.5) is 17.8 Å². The van der Waals surface area contributed by atoms with Crippen LogP contribution in [-0.2, 0) is 16.0 Å². The summed E-state index contributed by atoms with van der Waals surface area (Å²) in [4.78, 5) is 17.8. The van der Waals surface area contributed by atoms with Crippen molar-refractivity contribution in [3.05, 3.63) is 30.1 Å². The Morgan fingerprint density at radius 3 is 2.37 bits per heavy atom. The van der Waals surface area contributed by atoms with E-state index in [0.717, 1.165) is 18.5 Å². The molecule has 0 bridgehead atoms. The number of ether oxygens (including phenoxy) is 2. The Kier molecular flexibility index (Phi) is 9.51. The Morgan fingerprint density at radius 2 is 1.63 bits per heavy atom. The van der Waals surface area contributed by atoms with Gasteiger partial charge in [-0.25, -0.2) is 0 Å². The molecule has 0 atom stereocenters. The van der Waals surface area contributed by atoms with Gasteiger partial charge in [-0.15, -0.1) is 0 Å². The molecule has 0 unspecified atom stereocenters. The zero-order valence-corrected chi connectivity index (χ0v) is 17.3. The first-order chi connectivity index (χ1) is 14.8. The minimum Gasteiger partial charge on any atom is -0.378 e. The molecule has 0 amide bonds. The molecule has 5 N–H and O–H groups in total. The summed E-state index contributed by atoms with van der Waals surface area (Å²) < 4.78 is 10.8. The van der Waals surface area contributed by atoms with E-state index in [1.165, 1.54) is 12.8 Å². The van der Waals surface area contributed by atoms with Gasteiger partial charge in [0.2, 0.25) is 17.8 Å². The third-order valence-electron chi connectivity index (χ3n) is 4.64. The largest absolute Gasteiger partial charge is 0.378 e. The number of pyridine rings is 1. The average molecular weight is 417 g/mol. The van der Waals surface area contributed by atoms with Crippen molar-refractivity contribution in [3.8, 4) is 0 Å². The van der Waals surface area contributed by atoms with E-state index in [9.17, 15) is 0 Å². The lowest BCUT2D eigenvalue weighted by molar-refractivity contribution is 0.0547. The molecule has 10 nitrogen and oxygen atoms in total. The smallest absolute Gasteiger partial charge is 0.229 e. The molecule has 2 aromatic heterocycles. The van der Waals surface area contributed by atoms with Crippen LogP contribution < -0.4 is 21.7 Å². The molecule has 0 aliphatic heterocycles. The Labute approximate surface area is 177 Å². The Hall–Kier alpha value is -2.56. The summed E-state index contributed by atoms with van der Waals surface area (Å²) in [6.07, 6.45) is 6.54. The molecule has 0 aromatic carbocycles. The van der Waals surface area contributed by atoms with E-state index in [1.807, 2.05) is 18.2 Å². The summed E-state index contributed by atoms with van der Waals surface area (Å²) in [5.74, 6) is 1.60. The third-order valence-corrected chi connectivity index (χ3v) is 4.64. The molecule has 164 valence electrons. The summed E-state index contributed by atoms with van der Waals surface area (Å²) in [5.41, 5.74) is 6.30. The lowest BCUT2D eigenvalue weighted by Gasteiger charge is -2.14. The lowest BCUT2D eigenvalue weighted by Crippen LogP contribution is -2.20. The van der Waals surface area contributed by atoms with Crippen LogP contribution in [0.25, 0.3) is 0 Å². The monoisotopic (exact) mass is 416 g/mol. The molecular formula is C20H32N8O2. The van der Waals surface area contributed by atoms with E-state index in [-0.39, 0.29) is 0 Å². The van der Waals surface area contributed by atoms with E-state index < -0.39 is 0 Å². The van der Waals surface area contributed by atoms with Crippen LogP contribution in [0.3, 0.4) is 0 Å². The first-order valence-corrected chi connectivity index (χ1v) is 10.6. The van der Waals surface area contributed by atoms with Crippen LogP contribution in [-0.4, -0.2) is 65.5 Å². The van der Waals surface area contributed by atoms with Gasteiger partial charge in [-0.2, -0.15) is 15.0 Å². The molecule has 2 aromatic rings. The number of nitrogens with zero attached hydrogens (tertiary/aromatic N) is 4. The highest BCUT2D eigenvalue weighted by Crippen LogP contribution is 2.21. The first-order valence-electron chi connectivity index (χ1n) is 10.6. The molecule has 1 aliphatic carbocycles. The molecule has 2 heterocycles. The van der Waals surface area contributed by atoms with Crippen molar-refractivity contribution >= 4 is 17.8 Å². The van der Waals surface area contributed by atoms with Crippen molar-refractivity contribution < 1.29 is 9.47 Å². The van der Waals surface area contributed by atoms with Gasteiger partial charge in [0.25, 0.3) is 0 Å². The van der Waals surface area contributed by atoms with Gasteiger partial charge < -0.3 is 31.2 Å². The Bertz CT molecular complexity index is 728. The average Bonchev–Trinajstić information content (AvgIpc) is 3.28. The zero-order valence-electron chi connectivity index (χ0n) is 17.3. The minimum absolute atomic E-state index is 0.417. The zero-order chi connectivity index (χ0) is 20.9. The number of nitrogens with one attached hydrogen (secondary N) is 3. The number of rotatable bonds is 14. The van der Waals surface area contributed by atoms with Gasteiger partial charge in [0.15, 0.2) is 0 Å². The Balaban J connectivity index is 1.52. The number of aromatic nitrogens is 4. The summed E-state index contributed by atoms with van der Waals surface area (Å²) in [6, 6.07) is 6.23. The van der Waals surface area contributed by atoms with E-state index in [2.05, 4.69) is 35.9 Å². The SMILES string of the molecule is NCCOCCOCCNc1nc(NCc2ccccn2)nc(NC2CCCC2)n1. The predicted molar refractivity (Wildman–Crippen MR) is 116 cm³/mol. The van der Waals surface area contributed by atoms with E-state index in [1.54, 1.807) is 6.20 Å². The van der Waals surface area contributed by atoms with Crippen LogP contribution in [0.5, 0.6) is 0 Å². The van der Waals surface area contributed by atoms with Crippen molar-refractivity contribution in [1.29, 1.82) is 0 Å². The fourth-order valence-corrected chi connectivity index (χ4v) is 3.16. The van der Waals surface area contributed by atoms with E-state index in [0.29, 0.717) is 69.9 Å².